The Morgan fingerprint density at radius 1 is 1.25 bits per heavy atom. The number of hydrogen-bond acceptors (Lipinski definition) is 5. The van der Waals surface area contributed by atoms with Gasteiger partial charge < -0.3 is 5.11 Å². The van der Waals surface area contributed by atoms with Crippen molar-refractivity contribution in [1.29, 1.82) is 0 Å². The van der Waals surface area contributed by atoms with Gasteiger partial charge in [0.2, 0.25) is 0 Å². The highest BCUT2D eigenvalue weighted by Gasteiger charge is 2.09. The minimum atomic E-state index is -0.707. The lowest BCUT2D eigenvalue weighted by atomic mass is 10.2. The molecule has 0 aliphatic carbocycles. The number of non-ortho nitro benzene ring substituents is 1. The average molecular weight is 224 g/mol. The molecule has 0 heterocycles. The fourth-order valence-corrected chi connectivity index (χ4v) is 1.04. The van der Waals surface area contributed by atoms with Gasteiger partial charge in [0.15, 0.2) is 0 Å². The molecule has 0 radical (unpaired) electrons. The molecule has 1 N–H and O–H groups in total. The Kier molecular flexibility index (Phi) is 3.67. The zero-order chi connectivity index (χ0) is 12.1. The molecular formula is C9H8N2O5. The molecule has 7 heteroatoms. The summed E-state index contributed by atoms with van der Waals surface area (Å²) in [4.78, 5) is 19.5. The summed E-state index contributed by atoms with van der Waals surface area (Å²) in [7, 11) is 0. The third kappa shape index (κ3) is 2.85. The van der Waals surface area contributed by atoms with Gasteiger partial charge in [-0.3, -0.25) is 20.2 Å². The SMILES string of the molecule is O=[N+]([O-])/C(=C/c1ccc([N+](=O)[O-])cc1)CO. The van der Waals surface area contributed by atoms with E-state index in [1.54, 1.807) is 0 Å². The van der Waals surface area contributed by atoms with Crippen LogP contribution < -0.4 is 0 Å². The van der Waals surface area contributed by atoms with Crippen LogP contribution in [0.15, 0.2) is 30.0 Å². The standard InChI is InChI=1S/C9H8N2O5/c12-6-9(11(15)16)5-7-1-3-8(4-2-7)10(13)14/h1-5,12H,6H2/b9-5+. The number of nitro benzene ring substituents is 1. The molecule has 0 aromatic heterocycles. The van der Waals surface area contributed by atoms with Crippen LogP contribution in [0, 0.1) is 20.2 Å². The molecule has 84 valence electrons. The molecule has 0 atom stereocenters. The number of nitrogens with zero attached hydrogens (tertiary/aromatic N) is 2. The maximum Gasteiger partial charge on any atom is 0.271 e. The molecule has 0 aliphatic rings. The van der Waals surface area contributed by atoms with Gasteiger partial charge in [0.05, 0.1) is 9.85 Å². The van der Waals surface area contributed by atoms with Gasteiger partial charge >= 0.3 is 0 Å². The number of aliphatic hydroxyl groups excluding tert-OH is 1. The largest absolute Gasteiger partial charge is 0.385 e. The van der Waals surface area contributed by atoms with Crippen molar-refractivity contribution >= 4 is 11.8 Å². The molecule has 16 heavy (non-hydrogen) atoms. The molecule has 1 aromatic rings. The highest BCUT2D eigenvalue weighted by atomic mass is 16.6. The average Bonchev–Trinajstić information content (AvgIpc) is 2.26. The van der Waals surface area contributed by atoms with Crippen LogP contribution in [0.2, 0.25) is 0 Å². The van der Waals surface area contributed by atoms with E-state index in [2.05, 4.69) is 0 Å². The first-order valence-corrected chi connectivity index (χ1v) is 4.25. The molecule has 0 saturated heterocycles. The van der Waals surface area contributed by atoms with Crippen LogP contribution in [0.5, 0.6) is 0 Å². The minimum Gasteiger partial charge on any atom is -0.385 e. The van der Waals surface area contributed by atoms with Crippen LogP contribution >= 0.6 is 0 Å². The maximum absolute atomic E-state index is 10.4. The maximum atomic E-state index is 10.4. The third-order valence-electron chi connectivity index (χ3n) is 1.83. The molecule has 0 bridgehead atoms. The summed E-state index contributed by atoms with van der Waals surface area (Å²) < 4.78 is 0. The quantitative estimate of drug-likeness (QED) is 0.610. The van der Waals surface area contributed by atoms with Crippen molar-refractivity contribution in [3.05, 3.63) is 55.8 Å². The summed E-state index contributed by atoms with van der Waals surface area (Å²) >= 11 is 0. The van der Waals surface area contributed by atoms with Gasteiger partial charge in [-0.25, -0.2) is 0 Å². The van der Waals surface area contributed by atoms with Gasteiger partial charge in [0, 0.05) is 18.2 Å². The molecule has 0 amide bonds. The van der Waals surface area contributed by atoms with Crippen LogP contribution in [0.4, 0.5) is 5.69 Å². The van der Waals surface area contributed by atoms with Gasteiger partial charge in [-0.05, 0) is 17.7 Å². The van der Waals surface area contributed by atoms with Crippen LogP contribution in [-0.4, -0.2) is 21.6 Å². The Hall–Kier alpha value is -2.28. The zero-order valence-electron chi connectivity index (χ0n) is 8.07. The lowest BCUT2D eigenvalue weighted by Gasteiger charge is -1.95. The first-order valence-electron chi connectivity index (χ1n) is 4.25. The van der Waals surface area contributed by atoms with Gasteiger partial charge in [-0.1, -0.05) is 0 Å². The van der Waals surface area contributed by atoms with E-state index in [1.807, 2.05) is 0 Å². The molecule has 0 fully saturated rings. The number of rotatable bonds is 4. The second-order valence-electron chi connectivity index (χ2n) is 2.90. The van der Waals surface area contributed by atoms with Gasteiger partial charge in [0.25, 0.3) is 11.4 Å². The predicted octanol–water partition coefficient (Wildman–Crippen LogP) is 1.20. The Morgan fingerprint density at radius 3 is 2.19 bits per heavy atom. The predicted molar refractivity (Wildman–Crippen MR) is 55.2 cm³/mol. The molecular weight excluding hydrogens is 216 g/mol. The van der Waals surface area contributed by atoms with E-state index in [1.165, 1.54) is 24.3 Å². The lowest BCUT2D eigenvalue weighted by Crippen LogP contribution is -2.02. The van der Waals surface area contributed by atoms with Crippen molar-refractivity contribution in [3.8, 4) is 0 Å². The highest BCUT2D eigenvalue weighted by Crippen LogP contribution is 2.14. The smallest absolute Gasteiger partial charge is 0.271 e. The molecule has 0 spiro atoms. The summed E-state index contributed by atoms with van der Waals surface area (Å²) in [5.74, 6) is 0. The Labute approximate surface area is 89.9 Å². The van der Waals surface area contributed by atoms with Crippen molar-refractivity contribution in [1.82, 2.24) is 0 Å². The summed E-state index contributed by atoms with van der Waals surface area (Å²) in [5, 5.41) is 29.4. The van der Waals surface area contributed by atoms with E-state index in [-0.39, 0.29) is 11.4 Å². The number of hydrogen-bond donors (Lipinski definition) is 1. The van der Waals surface area contributed by atoms with Crippen LogP contribution in [-0.2, 0) is 0 Å². The van der Waals surface area contributed by atoms with Gasteiger partial charge in [0.1, 0.15) is 6.61 Å². The van der Waals surface area contributed by atoms with E-state index in [9.17, 15) is 20.2 Å². The van der Waals surface area contributed by atoms with Crippen molar-refractivity contribution in [2.75, 3.05) is 6.61 Å². The Morgan fingerprint density at radius 2 is 1.81 bits per heavy atom. The number of aliphatic hydroxyl groups is 1. The zero-order valence-corrected chi connectivity index (χ0v) is 8.07. The van der Waals surface area contributed by atoms with Crippen LogP contribution in [0.1, 0.15) is 5.56 Å². The molecule has 1 rings (SSSR count). The first kappa shape index (κ1) is 11.8. The Bertz CT molecular complexity index is 438. The fourth-order valence-electron chi connectivity index (χ4n) is 1.04. The summed E-state index contributed by atoms with van der Waals surface area (Å²) in [6.07, 6.45) is 1.16. The van der Waals surface area contributed by atoms with Crippen molar-refractivity contribution in [2.24, 2.45) is 0 Å². The lowest BCUT2D eigenvalue weighted by molar-refractivity contribution is -0.428. The monoisotopic (exact) mass is 224 g/mol. The van der Waals surface area contributed by atoms with Gasteiger partial charge in [-0.2, -0.15) is 0 Å². The summed E-state index contributed by atoms with van der Waals surface area (Å²) in [6, 6.07) is 5.22. The van der Waals surface area contributed by atoms with E-state index in [0.717, 1.165) is 6.08 Å². The summed E-state index contributed by atoms with van der Waals surface area (Å²) in [5.41, 5.74) is -0.0380. The third-order valence-corrected chi connectivity index (χ3v) is 1.83. The second-order valence-corrected chi connectivity index (χ2v) is 2.90. The van der Waals surface area contributed by atoms with Crippen molar-refractivity contribution in [2.45, 2.75) is 0 Å². The van der Waals surface area contributed by atoms with Crippen LogP contribution in [0.3, 0.4) is 0 Å². The van der Waals surface area contributed by atoms with Crippen molar-refractivity contribution < 1.29 is 15.0 Å². The second kappa shape index (κ2) is 4.99. The molecule has 0 aliphatic heterocycles. The number of nitro groups is 2. The number of benzene rings is 1. The Balaban J connectivity index is 2.98. The van der Waals surface area contributed by atoms with E-state index in [4.69, 9.17) is 5.11 Å². The van der Waals surface area contributed by atoms with Crippen molar-refractivity contribution in [3.63, 3.8) is 0 Å². The topological polar surface area (TPSA) is 107 Å². The van der Waals surface area contributed by atoms with Gasteiger partial charge in [-0.15, -0.1) is 0 Å². The molecule has 1 aromatic carbocycles. The molecule has 0 unspecified atom stereocenters. The summed E-state index contributed by atoms with van der Waals surface area (Å²) in [6.45, 7) is -0.690. The van der Waals surface area contributed by atoms with E-state index in [0.29, 0.717) is 5.56 Å². The first-order chi connectivity index (χ1) is 7.54. The minimum absolute atomic E-state index is 0.0937. The molecule has 0 saturated carbocycles. The normalized spacial score (nSPS) is 11.2. The van der Waals surface area contributed by atoms with Crippen LogP contribution in [0.25, 0.3) is 6.08 Å². The highest BCUT2D eigenvalue weighted by molar-refractivity contribution is 5.53. The van der Waals surface area contributed by atoms with E-state index < -0.39 is 16.5 Å². The fraction of sp³-hybridized carbons (Fsp3) is 0.111. The molecule has 7 nitrogen and oxygen atoms in total. The van der Waals surface area contributed by atoms with E-state index >= 15 is 0 Å².